The highest BCUT2D eigenvalue weighted by Crippen LogP contribution is 2.28. The first-order chi connectivity index (χ1) is 27.5. The minimum atomic E-state index is -0.0846. The number of ether oxygens (including phenoxy) is 2. The van der Waals surface area contributed by atoms with Crippen LogP contribution in [0, 0.1) is 11.8 Å². The lowest BCUT2D eigenvalue weighted by atomic mass is 9.81. The molecule has 0 radical (unpaired) electrons. The number of hydrogen-bond donors (Lipinski definition) is 1. The van der Waals surface area contributed by atoms with E-state index in [0.29, 0.717) is 37.5 Å². The van der Waals surface area contributed by atoms with E-state index in [-0.39, 0.29) is 12.1 Å². The fourth-order valence-corrected chi connectivity index (χ4v) is 8.38. The molecule has 0 aromatic rings. The maximum absolute atomic E-state index is 13.0. The molecular formula is C50H98N2O4. The Hall–Kier alpha value is -1.30. The maximum atomic E-state index is 13.0. The molecule has 1 fully saturated rings. The van der Waals surface area contributed by atoms with E-state index in [1.54, 1.807) is 0 Å². The van der Waals surface area contributed by atoms with Gasteiger partial charge in [-0.25, -0.2) is 4.79 Å². The van der Waals surface area contributed by atoms with Gasteiger partial charge in [-0.2, -0.15) is 0 Å². The first kappa shape index (κ1) is 52.7. The van der Waals surface area contributed by atoms with Crippen molar-refractivity contribution in [2.24, 2.45) is 11.8 Å². The van der Waals surface area contributed by atoms with Gasteiger partial charge >= 0.3 is 12.1 Å². The molecule has 0 spiro atoms. The topological polar surface area (TPSA) is 67.9 Å². The van der Waals surface area contributed by atoms with Gasteiger partial charge in [0, 0.05) is 25.6 Å². The van der Waals surface area contributed by atoms with Crippen LogP contribution in [0.25, 0.3) is 0 Å². The molecule has 1 aliphatic carbocycles. The van der Waals surface area contributed by atoms with Crippen LogP contribution in [0.15, 0.2) is 0 Å². The molecular weight excluding hydrogens is 693 g/mol. The van der Waals surface area contributed by atoms with Crippen molar-refractivity contribution in [2.75, 3.05) is 32.8 Å². The minimum absolute atomic E-state index is 0.0179. The normalized spacial score (nSPS) is 15.3. The Bertz CT molecular complexity index is 813. The molecule has 0 heterocycles. The van der Waals surface area contributed by atoms with Gasteiger partial charge in [-0.3, -0.25) is 4.79 Å². The Balaban J connectivity index is 2.15. The van der Waals surface area contributed by atoms with Crippen molar-refractivity contribution in [3.8, 4) is 0 Å². The number of unbranched alkanes of at least 4 members (excludes halogenated alkanes) is 26. The van der Waals surface area contributed by atoms with Gasteiger partial charge in [0.15, 0.2) is 0 Å². The highest BCUT2D eigenvalue weighted by atomic mass is 16.6. The van der Waals surface area contributed by atoms with Gasteiger partial charge in [0.2, 0.25) is 0 Å². The van der Waals surface area contributed by atoms with Crippen molar-refractivity contribution in [3.63, 3.8) is 0 Å². The molecule has 6 nitrogen and oxygen atoms in total. The van der Waals surface area contributed by atoms with Crippen LogP contribution in [-0.2, 0) is 14.3 Å². The fourth-order valence-electron chi connectivity index (χ4n) is 8.38. The summed E-state index contributed by atoms with van der Waals surface area (Å²) in [5.74, 6) is 1.06. The van der Waals surface area contributed by atoms with Gasteiger partial charge in [0.1, 0.15) is 0 Å². The monoisotopic (exact) mass is 791 g/mol. The first-order valence-electron chi connectivity index (χ1n) is 25.3. The van der Waals surface area contributed by atoms with E-state index in [0.717, 1.165) is 58.2 Å². The van der Waals surface area contributed by atoms with Crippen LogP contribution in [0.2, 0.25) is 0 Å². The Labute approximate surface area is 349 Å². The number of rotatable bonds is 43. The van der Waals surface area contributed by atoms with Crippen molar-refractivity contribution in [1.82, 2.24) is 10.2 Å². The molecule has 0 unspecified atom stereocenters. The lowest BCUT2D eigenvalue weighted by molar-refractivity contribution is -0.145. The molecule has 1 N–H and O–H groups in total. The zero-order valence-electron chi connectivity index (χ0n) is 38.3. The van der Waals surface area contributed by atoms with E-state index >= 15 is 0 Å². The molecule has 1 saturated carbocycles. The summed E-state index contributed by atoms with van der Waals surface area (Å²) in [6.45, 7) is 13.0. The third kappa shape index (κ3) is 32.6. The molecule has 6 heteroatoms. The molecule has 0 atom stereocenters. The summed E-state index contributed by atoms with van der Waals surface area (Å²) in [7, 11) is 0. The molecule has 0 aliphatic heterocycles. The largest absolute Gasteiger partial charge is 0.465 e. The van der Waals surface area contributed by atoms with Crippen LogP contribution in [0.3, 0.4) is 0 Å². The third-order valence-electron chi connectivity index (χ3n) is 12.4. The second kappa shape index (κ2) is 40.5. The van der Waals surface area contributed by atoms with Gasteiger partial charge < -0.3 is 19.7 Å². The zero-order valence-corrected chi connectivity index (χ0v) is 38.3. The minimum Gasteiger partial charge on any atom is -0.465 e. The van der Waals surface area contributed by atoms with Gasteiger partial charge in [-0.05, 0) is 69.7 Å². The number of nitrogens with one attached hydrogen (secondary N) is 1. The molecule has 1 amide bonds. The van der Waals surface area contributed by atoms with E-state index in [2.05, 4.69) is 33.0 Å². The highest BCUT2D eigenvalue weighted by Gasteiger charge is 2.30. The SMILES string of the molecule is CCCCCCCCCC(CCCCCCCCC)COC(=O)CCCCCCCNC1CC(COC(=O)N(CCCCCCCC)CCCCCCCC)C1. The maximum Gasteiger partial charge on any atom is 0.409 e. The van der Waals surface area contributed by atoms with Crippen molar-refractivity contribution in [2.45, 2.75) is 265 Å². The van der Waals surface area contributed by atoms with Crippen LogP contribution < -0.4 is 5.32 Å². The summed E-state index contributed by atoms with van der Waals surface area (Å²) in [5, 5.41) is 3.73. The van der Waals surface area contributed by atoms with Gasteiger partial charge in [0.25, 0.3) is 0 Å². The Kier molecular flexibility index (Phi) is 38.1. The summed E-state index contributed by atoms with van der Waals surface area (Å²) >= 11 is 0. The molecule has 56 heavy (non-hydrogen) atoms. The van der Waals surface area contributed by atoms with Crippen LogP contribution in [-0.4, -0.2) is 55.9 Å². The third-order valence-corrected chi connectivity index (χ3v) is 12.4. The van der Waals surface area contributed by atoms with Gasteiger partial charge in [-0.15, -0.1) is 0 Å². The molecule has 1 aliphatic rings. The van der Waals surface area contributed by atoms with Crippen LogP contribution in [0.5, 0.6) is 0 Å². The molecule has 332 valence electrons. The van der Waals surface area contributed by atoms with Crippen molar-refractivity contribution >= 4 is 12.1 Å². The summed E-state index contributed by atoms with van der Waals surface area (Å²) in [6, 6.07) is 0.566. The van der Waals surface area contributed by atoms with Crippen molar-refractivity contribution < 1.29 is 19.1 Å². The van der Waals surface area contributed by atoms with Crippen LogP contribution in [0.4, 0.5) is 4.79 Å². The Morgan fingerprint density at radius 2 is 0.929 bits per heavy atom. The molecule has 0 aromatic carbocycles. The second-order valence-electron chi connectivity index (χ2n) is 18.0. The number of esters is 1. The van der Waals surface area contributed by atoms with E-state index < -0.39 is 0 Å². The van der Waals surface area contributed by atoms with E-state index in [1.807, 2.05) is 4.90 Å². The fraction of sp³-hybridized carbons (Fsp3) is 0.960. The van der Waals surface area contributed by atoms with E-state index in [9.17, 15) is 9.59 Å². The summed E-state index contributed by atoms with van der Waals surface area (Å²) < 4.78 is 11.7. The van der Waals surface area contributed by atoms with Crippen molar-refractivity contribution in [1.29, 1.82) is 0 Å². The number of hydrogen-bond acceptors (Lipinski definition) is 5. The van der Waals surface area contributed by atoms with E-state index in [4.69, 9.17) is 9.47 Å². The molecule has 0 bridgehead atoms. The zero-order chi connectivity index (χ0) is 40.6. The Morgan fingerprint density at radius 3 is 1.41 bits per heavy atom. The number of carbonyl (C=O) groups excluding carboxylic acids is 2. The standard InChI is InChI=1S/C50H98N2O4/c1-5-9-13-17-21-24-30-36-46(37-31-25-22-18-14-10-6-2)44-55-49(53)38-32-26-23-27-33-39-51-48-42-47(43-48)45-56-50(54)52(40-34-28-19-15-11-7-3)41-35-29-20-16-12-8-4/h46-48,51H,5-45H2,1-4H3. The van der Waals surface area contributed by atoms with Crippen molar-refractivity contribution in [3.05, 3.63) is 0 Å². The summed E-state index contributed by atoms with van der Waals surface area (Å²) in [5.41, 5.74) is 0. The lowest BCUT2D eigenvalue weighted by Gasteiger charge is -2.36. The Morgan fingerprint density at radius 1 is 0.518 bits per heavy atom. The molecule has 0 aromatic heterocycles. The number of carbonyl (C=O) groups is 2. The summed E-state index contributed by atoms with van der Waals surface area (Å²) in [4.78, 5) is 27.6. The lowest BCUT2D eigenvalue weighted by Crippen LogP contribution is -2.44. The average Bonchev–Trinajstić information content (AvgIpc) is 3.18. The summed E-state index contributed by atoms with van der Waals surface area (Å²) in [6.07, 6.45) is 44.6. The number of nitrogens with zero attached hydrogens (tertiary/aromatic N) is 1. The highest BCUT2D eigenvalue weighted by molar-refractivity contribution is 5.69. The van der Waals surface area contributed by atoms with Crippen LogP contribution >= 0.6 is 0 Å². The average molecular weight is 791 g/mol. The molecule has 0 saturated heterocycles. The van der Waals surface area contributed by atoms with Crippen LogP contribution in [0.1, 0.15) is 259 Å². The van der Waals surface area contributed by atoms with Gasteiger partial charge in [-0.1, -0.05) is 201 Å². The predicted molar refractivity (Wildman–Crippen MR) is 242 cm³/mol. The van der Waals surface area contributed by atoms with Gasteiger partial charge in [0.05, 0.1) is 13.2 Å². The second-order valence-corrected chi connectivity index (χ2v) is 18.0. The quantitative estimate of drug-likeness (QED) is 0.0492. The molecule has 1 rings (SSSR count). The number of amides is 1. The smallest absolute Gasteiger partial charge is 0.409 e. The predicted octanol–water partition coefficient (Wildman–Crippen LogP) is 15.3. The first-order valence-corrected chi connectivity index (χ1v) is 25.3. The van der Waals surface area contributed by atoms with E-state index in [1.165, 1.54) is 186 Å².